The van der Waals surface area contributed by atoms with Gasteiger partial charge in [-0.1, -0.05) is 13.3 Å². The van der Waals surface area contributed by atoms with E-state index in [1.807, 2.05) is 18.2 Å². The van der Waals surface area contributed by atoms with Crippen LogP contribution in [-0.2, 0) is 0 Å². The first kappa shape index (κ1) is 13.6. The van der Waals surface area contributed by atoms with Crippen molar-refractivity contribution in [2.75, 3.05) is 13.7 Å². The van der Waals surface area contributed by atoms with E-state index in [9.17, 15) is 10.1 Å². The molecule has 1 aromatic carbocycles. The van der Waals surface area contributed by atoms with E-state index in [0.717, 1.165) is 42.7 Å². The van der Waals surface area contributed by atoms with Gasteiger partial charge in [-0.3, -0.25) is 9.69 Å². The van der Waals surface area contributed by atoms with E-state index in [1.165, 1.54) is 0 Å². The van der Waals surface area contributed by atoms with E-state index in [-0.39, 0.29) is 29.2 Å². The van der Waals surface area contributed by atoms with Crippen LogP contribution in [0.4, 0.5) is 0 Å². The number of carbonyl (C=O) groups is 1. The number of nitrogens with zero attached hydrogens (tertiary/aromatic N) is 2. The lowest BCUT2D eigenvalue weighted by Crippen LogP contribution is -2.50. The fourth-order valence-corrected chi connectivity index (χ4v) is 6.34. The molecule has 1 aromatic rings. The fraction of sp³-hybridized carbons (Fsp3) is 0.579. The second-order valence-electron chi connectivity index (χ2n) is 7.97. The van der Waals surface area contributed by atoms with Crippen LogP contribution in [0.3, 0.4) is 0 Å². The first-order valence-electron chi connectivity index (χ1n) is 8.45. The molecule has 0 N–H and O–H groups in total. The fourth-order valence-electron chi connectivity index (χ4n) is 6.34. The van der Waals surface area contributed by atoms with Crippen molar-refractivity contribution in [2.45, 2.75) is 38.3 Å². The van der Waals surface area contributed by atoms with Gasteiger partial charge in [0.1, 0.15) is 5.75 Å². The Hall–Kier alpha value is -1.86. The molecular weight excluding hydrogens is 288 g/mol. The summed E-state index contributed by atoms with van der Waals surface area (Å²) < 4.78 is 5.38. The number of benzene rings is 1. The highest BCUT2D eigenvalue weighted by molar-refractivity contribution is 6.04. The van der Waals surface area contributed by atoms with Crippen LogP contribution in [0.25, 0.3) is 0 Å². The van der Waals surface area contributed by atoms with E-state index in [1.54, 1.807) is 7.11 Å². The Morgan fingerprint density at radius 1 is 1.39 bits per heavy atom. The number of piperidine rings is 1. The zero-order valence-corrected chi connectivity index (χ0v) is 13.5. The van der Waals surface area contributed by atoms with Gasteiger partial charge in [0.25, 0.3) is 0 Å². The minimum atomic E-state index is -0.414. The smallest absolute Gasteiger partial charge is 0.180 e. The summed E-state index contributed by atoms with van der Waals surface area (Å²) in [6.07, 6.45) is 3.13. The summed E-state index contributed by atoms with van der Waals surface area (Å²) in [7, 11) is 1.65. The molecule has 6 atom stereocenters. The van der Waals surface area contributed by atoms with Gasteiger partial charge in [-0.2, -0.15) is 5.26 Å². The lowest BCUT2D eigenvalue weighted by atomic mass is 9.53. The first-order chi connectivity index (χ1) is 11.1. The molecule has 3 aliphatic heterocycles. The van der Waals surface area contributed by atoms with Crippen LogP contribution in [0.5, 0.6) is 5.75 Å². The molecule has 4 heteroatoms. The lowest BCUT2D eigenvalue weighted by molar-refractivity contribution is -0.00924. The zero-order chi connectivity index (χ0) is 16.0. The first-order valence-corrected chi connectivity index (χ1v) is 8.45. The lowest BCUT2D eigenvalue weighted by Gasteiger charge is -2.51. The van der Waals surface area contributed by atoms with Crippen molar-refractivity contribution in [3.05, 3.63) is 29.3 Å². The monoisotopic (exact) mass is 308 g/mol. The number of carbonyl (C=O) groups excluding carboxylic acids is 1. The molecule has 4 bridgehead atoms. The molecule has 0 aromatic heterocycles. The molecule has 1 aliphatic carbocycles. The Balaban J connectivity index is 1.79. The third-order valence-corrected chi connectivity index (χ3v) is 6.98. The van der Waals surface area contributed by atoms with E-state index in [2.05, 4.69) is 17.9 Å². The van der Waals surface area contributed by atoms with Gasteiger partial charge < -0.3 is 4.74 Å². The largest absolute Gasteiger partial charge is 0.497 e. The molecule has 3 heterocycles. The second-order valence-corrected chi connectivity index (χ2v) is 7.97. The summed E-state index contributed by atoms with van der Waals surface area (Å²) in [5.74, 6) is 1.15. The number of fused-ring (bicyclic) bond motifs is 3. The number of nitriles is 1. The van der Waals surface area contributed by atoms with Crippen molar-refractivity contribution in [1.82, 2.24) is 4.90 Å². The highest BCUT2D eigenvalue weighted by Gasteiger charge is 2.74. The van der Waals surface area contributed by atoms with Gasteiger partial charge in [0, 0.05) is 18.0 Å². The Morgan fingerprint density at radius 2 is 2.22 bits per heavy atom. The summed E-state index contributed by atoms with van der Waals surface area (Å²) in [6, 6.07) is 8.42. The van der Waals surface area contributed by atoms with Crippen LogP contribution in [-0.4, -0.2) is 30.4 Å². The second kappa shape index (κ2) is 3.96. The highest BCUT2D eigenvalue weighted by atomic mass is 16.5. The maximum atomic E-state index is 13.2. The SMILES string of the molecule is COc1ccc2c(c1)[C@H]1N3C[C@]4(C)CCC[C@]1(C#N)[C@H]4[C@@H]3C2=O. The average molecular weight is 308 g/mol. The summed E-state index contributed by atoms with van der Waals surface area (Å²) >= 11 is 0. The quantitative estimate of drug-likeness (QED) is 0.800. The molecule has 0 amide bonds. The van der Waals surface area contributed by atoms with Crippen LogP contribution in [0, 0.1) is 28.1 Å². The molecule has 4 nitrogen and oxygen atoms in total. The van der Waals surface area contributed by atoms with Gasteiger partial charge in [0.05, 0.1) is 30.7 Å². The molecular formula is C19H20N2O2. The van der Waals surface area contributed by atoms with Crippen molar-refractivity contribution in [2.24, 2.45) is 16.7 Å². The predicted octanol–water partition coefficient (Wildman–Crippen LogP) is 2.95. The molecule has 1 unspecified atom stereocenters. The summed E-state index contributed by atoms with van der Waals surface area (Å²) in [4.78, 5) is 15.5. The van der Waals surface area contributed by atoms with Gasteiger partial charge >= 0.3 is 0 Å². The van der Waals surface area contributed by atoms with E-state index >= 15 is 0 Å². The molecule has 0 spiro atoms. The van der Waals surface area contributed by atoms with Gasteiger partial charge in [-0.25, -0.2) is 0 Å². The summed E-state index contributed by atoms with van der Waals surface area (Å²) in [6.45, 7) is 3.23. The molecule has 3 fully saturated rings. The van der Waals surface area contributed by atoms with Crippen molar-refractivity contribution in [3.8, 4) is 11.8 Å². The maximum Gasteiger partial charge on any atom is 0.180 e. The highest BCUT2D eigenvalue weighted by Crippen LogP contribution is 2.72. The number of rotatable bonds is 1. The number of ether oxygens (including phenoxy) is 1. The number of Topliss-reactive ketones (excluding diaryl/α,β-unsaturated/α-hetero) is 1. The standard InChI is InChI=1S/C19H20N2O2/c1-18-6-3-7-19(9-20)16(18)14-15(22)12-5-4-11(23-2)8-13(12)17(19)21(14)10-18/h4-5,8,14,16-17H,3,6-7,10H2,1-2H3/t14-,16-,17+,18-,19-/m0/s1. The van der Waals surface area contributed by atoms with Gasteiger partial charge in [0.15, 0.2) is 5.78 Å². The number of hydrogen-bond donors (Lipinski definition) is 0. The number of methoxy groups -OCH3 is 1. The van der Waals surface area contributed by atoms with Gasteiger partial charge in [-0.05, 0) is 42.0 Å². The van der Waals surface area contributed by atoms with Crippen LogP contribution in [0.1, 0.15) is 48.1 Å². The Bertz CT molecular complexity index is 782. The van der Waals surface area contributed by atoms with Gasteiger partial charge in [0.2, 0.25) is 0 Å². The third-order valence-electron chi connectivity index (χ3n) is 6.98. The summed E-state index contributed by atoms with van der Waals surface area (Å²) in [5.41, 5.74) is 1.52. The van der Waals surface area contributed by atoms with Crippen LogP contribution in [0.15, 0.2) is 18.2 Å². The number of hydrogen-bond acceptors (Lipinski definition) is 4. The van der Waals surface area contributed by atoms with E-state index < -0.39 is 5.41 Å². The van der Waals surface area contributed by atoms with Crippen molar-refractivity contribution in [3.63, 3.8) is 0 Å². The maximum absolute atomic E-state index is 13.2. The topological polar surface area (TPSA) is 53.3 Å². The third kappa shape index (κ3) is 1.31. The molecule has 118 valence electrons. The normalized spacial score (nSPS) is 45.5. The minimum Gasteiger partial charge on any atom is -0.497 e. The van der Waals surface area contributed by atoms with E-state index in [4.69, 9.17) is 4.74 Å². The van der Waals surface area contributed by atoms with Gasteiger partial charge in [-0.15, -0.1) is 0 Å². The average Bonchev–Trinajstić information content (AvgIpc) is 2.99. The van der Waals surface area contributed by atoms with Crippen LogP contribution < -0.4 is 4.74 Å². The molecule has 5 rings (SSSR count). The number of ketones is 1. The zero-order valence-electron chi connectivity index (χ0n) is 13.5. The van der Waals surface area contributed by atoms with Crippen LogP contribution in [0.2, 0.25) is 0 Å². The minimum absolute atomic E-state index is 0.0543. The summed E-state index contributed by atoms with van der Waals surface area (Å²) in [5, 5.41) is 10.2. The Labute approximate surface area is 136 Å². The molecule has 1 saturated carbocycles. The van der Waals surface area contributed by atoms with Crippen molar-refractivity contribution in [1.29, 1.82) is 5.26 Å². The van der Waals surface area contributed by atoms with E-state index in [0.29, 0.717) is 0 Å². The van der Waals surface area contributed by atoms with Crippen molar-refractivity contribution < 1.29 is 9.53 Å². The van der Waals surface area contributed by atoms with Crippen molar-refractivity contribution >= 4 is 5.78 Å². The Morgan fingerprint density at radius 3 is 2.96 bits per heavy atom. The molecule has 4 aliphatic rings. The molecule has 2 saturated heterocycles. The Kier molecular flexibility index (Phi) is 2.34. The molecule has 0 radical (unpaired) electrons. The molecule has 23 heavy (non-hydrogen) atoms. The predicted molar refractivity (Wildman–Crippen MR) is 84.1 cm³/mol. The van der Waals surface area contributed by atoms with Crippen LogP contribution >= 0.6 is 0 Å².